The Morgan fingerprint density at radius 2 is 1.53 bits per heavy atom. The molecule has 0 amide bonds. The topological polar surface area (TPSA) is 9.23 Å². The summed E-state index contributed by atoms with van der Waals surface area (Å²) in [5.41, 5.74) is 1.38. The molecule has 0 spiro atoms. The summed E-state index contributed by atoms with van der Waals surface area (Å²) >= 11 is 0. The summed E-state index contributed by atoms with van der Waals surface area (Å²) in [6.45, 7) is 7.24. The molecule has 0 atom stereocenters. The Bertz CT molecular complexity index is 149. The van der Waals surface area contributed by atoms with E-state index in [2.05, 4.69) is 13.8 Å². The van der Waals surface area contributed by atoms with Gasteiger partial charge in [-0.2, -0.15) is 0 Å². The molecule has 90 valence electrons. The number of hydrogen-bond donors (Lipinski definition) is 0. The van der Waals surface area contributed by atoms with Crippen molar-refractivity contribution in [3.8, 4) is 0 Å². The van der Waals surface area contributed by atoms with Crippen molar-refractivity contribution in [1.82, 2.24) is 0 Å². The maximum Gasteiger partial charge on any atom is 0.0845 e. The van der Waals surface area contributed by atoms with Gasteiger partial charge in [0.25, 0.3) is 0 Å². The highest BCUT2D eigenvalue weighted by molar-refractivity contribution is 4.92. The largest absolute Gasteiger partial charge is 0.502 e. The Kier molecular flexibility index (Phi) is 11.3. The minimum absolute atomic E-state index is 0.786. The van der Waals surface area contributed by atoms with Gasteiger partial charge in [0.2, 0.25) is 0 Å². The van der Waals surface area contributed by atoms with Gasteiger partial charge in [-0.3, -0.25) is 0 Å². The van der Waals surface area contributed by atoms with E-state index < -0.39 is 0 Å². The van der Waals surface area contributed by atoms with Crippen molar-refractivity contribution >= 4 is 0 Å². The Balaban J connectivity index is 3.16. The first-order valence-corrected chi connectivity index (χ1v) is 6.58. The zero-order valence-corrected chi connectivity index (χ0v) is 10.8. The second kappa shape index (κ2) is 11.6. The fourth-order valence-electron chi connectivity index (χ4n) is 1.65. The van der Waals surface area contributed by atoms with Crippen LogP contribution in [0.5, 0.6) is 0 Å². The van der Waals surface area contributed by atoms with Gasteiger partial charge < -0.3 is 4.74 Å². The summed E-state index contributed by atoms with van der Waals surface area (Å²) in [6, 6.07) is 0. The van der Waals surface area contributed by atoms with Gasteiger partial charge in [-0.15, -0.1) is 0 Å². The number of unbranched alkanes of at least 4 members (excludes halogenated alkanes) is 6. The third kappa shape index (κ3) is 11.5. The van der Waals surface area contributed by atoms with Crippen LogP contribution in [0.2, 0.25) is 0 Å². The lowest BCUT2D eigenvalue weighted by atomic mass is 10.1. The van der Waals surface area contributed by atoms with Crippen LogP contribution in [0.4, 0.5) is 0 Å². The van der Waals surface area contributed by atoms with E-state index in [1.54, 1.807) is 0 Å². The molecule has 0 fully saturated rings. The molecule has 0 aliphatic rings. The second-order valence-electron chi connectivity index (χ2n) is 4.29. The zero-order valence-electron chi connectivity index (χ0n) is 10.8. The molecule has 0 bridgehead atoms. The molecule has 0 aromatic carbocycles. The van der Waals surface area contributed by atoms with Crippen LogP contribution in [0.15, 0.2) is 11.8 Å². The van der Waals surface area contributed by atoms with Gasteiger partial charge in [0, 0.05) is 0 Å². The van der Waals surface area contributed by atoms with Crippen LogP contribution in [-0.4, -0.2) is 6.61 Å². The van der Waals surface area contributed by atoms with Crippen molar-refractivity contribution in [2.75, 3.05) is 6.61 Å². The quantitative estimate of drug-likeness (QED) is 0.363. The normalized spacial score (nSPS) is 11.8. The first kappa shape index (κ1) is 14.5. The number of allylic oxidation sites excluding steroid dienone is 1. The number of ether oxygens (including phenoxy) is 1. The molecule has 0 aromatic heterocycles. The molecule has 1 nitrogen and oxygen atoms in total. The van der Waals surface area contributed by atoms with E-state index in [0.717, 1.165) is 6.61 Å². The fourth-order valence-corrected chi connectivity index (χ4v) is 1.65. The Morgan fingerprint density at radius 3 is 2.13 bits per heavy atom. The van der Waals surface area contributed by atoms with Crippen molar-refractivity contribution in [2.45, 2.75) is 72.1 Å². The molecule has 0 N–H and O–H groups in total. The monoisotopic (exact) mass is 212 g/mol. The third-order valence-corrected chi connectivity index (χ3v) is 2.63. The van der Waals surface area contributed by atoms with Gasteiger partial charge in [0.1, 0.15) is 0 Å². The summed E-state index contributed by atoms with van der Waals surface area (Å²) in [4.78, 5) is 0. The Hall–Kier alpha value is -0.460. The average molecular weight is 212 g/mol. The summed E-state index contributed by atoms with van der Waals surface area (Å²) < 4.78 is 5.24. The van der Waals surface area contributed by atoms with Crippen molar-refractivity contribution < 1.29 is 4.74 Å². The number of rotatable bonds is 10. The minimum atomic E-state index is 0.786. The van der Waals surface area contributed by atoms with Crippen LogP contribution in [0.25, 0.3) is 0 Å². The van der Waals surface area contributed by atoms with E-state index in [-0.39, 0.29) is 0 Å². The smallest absolute Gasteiger partial charge is 0.0845 e. The molecule has 0 heterocycles. The molecule has 0 unspecified atom stereocenters. The Morgan fingerprint density at radius 1 is 0.933 bits per heavy atom. The maximum atomic E-state index is 5.24. The predicted octanol–water partition coefficient (Wildman–Crippen LogP) is 5.07. The Labute approximate surface area is 95.9 Å². The molecule has 1 heteroatoms. The summed E-state index contributed by atoms with van der Waals surface area (Å²) in [6.07, 6.45) is 12.8. The third-order valence-electron chi connectivity index (χ3n) is 2.63. The summed E-state index contributed by atoms with van der Waals surface area (Å²) in [5, 5.41) is 0. The molecular weight excluding hydrogens is 184 g/mol. The van der Waals surface area contributed by atoms with Crippen LogP contribution >= 0.6 is 0 Å². The van der Waals surface area contributed by atoms with E-state index >= 15 is 0 Å². The highest BCUT2D eigenvalue weighted by Crippen LogP contribution is 2.11. The fraction of sp³-hybridized carbons (Fsp3) is 0.857. The average Bonchev–Trinajstić information content (AvgIpc) is 2.25. The zero-order chi connectivity index (χ0) is 11.4. The van der Waals surface area contributed by atoms with Gasteiger partial charge in [-0.1, -0.05) is 45.4 Å². The van der Waals surface area contributed by atoms with E-state index in [0.29, 0.717) is 0 Å². The van der Waals surface area contributed by atoms with Crippen molar-refractivity contribution in [3.63, 3.8) is 0 Å². The molecule has 15 heavy (non-hydrogen) atoms. The standard InChI is InChI=1S/C14H28O/c1-4-6-7-8-9-10-11-12-14(3)13-15-5-2/h13H,4-12H2,1-3H3. The van der Waals surface area contributed by atoms with Crippen LogP contribution < -0.4 is 0 Å². The lowest BCUT2D eigenvalue weighted by Crippen LogP contribution is -1.84. The first-order chi connectivity index (χ1) is 7.31. The van der Waals surface area contributed by atoms with Gasteiger partial charge in [0.15, 0.2) is 0 Å². The molecule has 0 aliphatic heterocycles. The predicted molar refractivity (Wildman–Crippen MR) is 68.0 cm³/mol. The van der Waals surface area contributed by atoms with Crippen LogP contribution in [0.1, 0.15) is 72.1 Å². The van der Waals surface area contributed by atoms with E-state index in [9.17, 15) is 0 Å². The van der Waals surface area contributed by atoms with E-state index in [1.807, 2.05) is 13.2 Å². The highest BCUT2D eigenvalue weighted by Gasteiger charge is 1.93. The second-order valence-corrected chi connectivity index (χ2v) is 4.29. The molecule has 0 aromatic rings. The lowest BCUT2D eigenvalue weighted by molar-refractivity contribution is 0.265. The molecule has 0 saturated heterocycles. The van der Waals surface area contributed by atoms with Crippen LogP contribution in [-0.2, 0) is 4.74 Å². The molecule has 0 radical (unpaired) electrons. The van der Waals surface area contributed by atoms with Gasteiger partial charge in [-0.05, 0) is 32.3 Å². The summed E-state index contributed by atoms with van der Waals surface area (Å²) in [5.74, 6) is 0. The lowest BCUT2D eigenvalue weighted by Gasteiger charge is -2.02. The van der Waals surface area contributed by atoms with Crippen molar-refractivity contribution in [2.24, 2.45) is 0 Å². The van der Waals surface area contributed by atoms with Crippen LogP contribution in [0, 0.1) is 0 Å². The highest BCUT2D eigenvalue weighted by atomic mass is 16.5. The molecule has 0 rings (SSSR count). The van der Waals surface area contributed by atoms with E-state index in [1.165, 1.54) is 56.9 Å². The van der Waals surface area contributed by atoms with Gasteiger partial charge in [0.05, 0.1) is 12.9 Å². The maximum absolute atomic E-state index is 5.24. The molecular formula is C14H28O. The summed E-state index contributed by atoms with van der Waals surface area (Å²) in [7, 11) is 0. The number of hydrogen-bond acceptors (Lipinski definition) is 1. The minimum Gasteiger partial charge on any atom is -0.502 e. The van der Waals surface area contributed by atoms with Crippen molar-refractivity contribution in [1.29, 1.82) is 0 Å². The SMILES string of the molecule is CCCCCCCCCC(C)=COCC. The van der Waals surface area contributed by atoms with Crippen molar-refractivity contribution in [3.05, 3.63) is 11.8 Å². The van der Waals surface area contributed by atoms with Crippen LogP contribution in [0.3, 0.4) is 0 Å². The van der Waals surface area contributed by atoms with E-state index in [4.69, 9.17) is 4.74 Å². The van der Waals surface area contributed by atoms with Gasteiger partial charge in [-0.25, -0.2) is 0 Å². The first-order valence-electron chi connectivity index (χ1n) is 6.58. The molecule has 0 saturated carbocycles. The molecule has 0 aliphatic carbocycles. The van der Waals surface area contributed by atoms with Gasteiger partial charge >= 0.3 is 0 Å².